The fourth-order valence-electron chi connectivity index (χ4n) is 1.48. The monoisotopic (exact) mass is 240 g/mol. The van der Waals surface area contributed by atoms with Crippen molar-refractivity contribution in [3.8, 4) is 0 Å². The first-order valence-electron chi connectivity index (χ1n) is 5.41. The van der Waals surface area contributed by atoms with Gasteiger partial charge in [0, 0.05) is 22.5 Å². The predicted molar refractivity (Wildman–Crippen MR) is 70.6 cm³/mol. The minimum Gasteiger partial charge on any atom is -0.399 e. The second-order valence-electron chi connectivity index (χ2n) is 3.82. The van der Waals surface area contributed by atoms with Crippen molar-refractivity contribution in [3.05, 3.63) is 59.7 Å². The van der Waals surface area contributed by atoms with Crippen LogP contribution in [-0.2, 0) is 0 Å². The molecule has 0 aliphatic heterocycles. The normalized spacial score (nSPS) is 9.78. The van der Waals surface area contributed by atoms with E-state index in [1.54, 1.807) is 48.5 Å². The van der Waals surface area contributed by atoms with Crippen LogP contribution in [0, 0.1) is 0 Å². The summed E-state index contributed by atoms with van der Waals surface area (Å²) in [5.41, 5.74) is 7.91. The molecule has 2 aromatic rings. The van der Waals surface area contributed by atoms with Crippen molar-refractivity contribution in [1.29, 1.82) is 0 Å². The second kappa shape index (κ2) is 5.14. The van der Waals surface area contributed by atoms with Crippen LogP contribution < -0.4 is 11.1 Å². The zero-order chi connectivity index (χ0) is 13.0. The highest BCUT2D eigenvalue weighted by atomic mass is 16.1. The van der Waals surface area contributed by atoms with E-state index in [4.69, 9.17) is 5.73 Å². The van der Waals surface area contributed by atoms with Gasteiger partial charge in [-0.1, -0.05) is 12.1 Å². The highest BCUT2D eigenvalue weighted by Gasteiger charge is 2.05. The van der Waals surface area contributed by atoms with E-state index in [0.29, 0.717) is 22.5 Å². The number of aldehydes is 1. The van der Waals surface area contributed by atoms with E-state index in [0.717, 1.165) is 6.29 Å². The van der Waals surface area contributed by atoms with Crippen molar-refractivity contribution >= 4 is 23.6 Å². The molecule has 0 atom stereocenters. The molecular weight excluding hydrogens is 228 g/mol. The molecule has 0 radical (unpaired) electrons. The van der Waals surface area contributed by atoms with Crippen molar-refractivity contribution in [2.75, 3.05) is 11.1 Å². The Morgan fingerprint density at radius 2 is 1.61 bits per heavy atom. The standard InChI is InChI=1S/C14H12N2O2/c15-12-5-7-13(8-6-12)16-14(18)11-3-1-10(9-17)2-4-11/h1-9H,15H2,(H,16,18). The number of hydrogen-bond acceptors (Lipinski definition) is 3. The third kappa shape index (κ3) is 2.74. The Kier molecular flexibility index (Phi) is 3.38. The van der Waals surface area contributed by atoms with Gasteiger partial charge in [-0.05, 0) is 36.4 Å². The number of anilines is 2. The van der Waals surface area contributed by atoms with Crippen LogP contribution in [0.4, 0.5) is 11.4 Å². The lowest BCUT2D eigenvalue weighted by atomic mass is 10.1. The topological polar surface area (TPSA) is 72.2 Å². The number of hydrogen-bond donors (Lipinski definition) is 2. The minimum atomic E-state index is -0.225. The fourth-order valence-corrected chi connectivity index (χ4v) is 1.48. The number of nitrogens with two attached hydrogens (primary N) is 1. The molecule has 0 fully saturated rings. The Morgan fingerprint density at radius 3 is 2.17 bits per heavy atom. The second-order valence-corrected chi connectivity index (χ2v) is 3.82. The van der Waals surface area contributed by atoms with Gasteiger partial charge in [0.2, 0.25) is 0 Å². The molecule has 0 unspecified atom stereocenters. The molecule has 0 bridgehead atoms. The van der Waals surface area contributed by atoms with Gasteiger partial charge in [-0.15, -0.1) is 0 Å². The first kappa shape index (κ1) is 11.9. The molecule has 0 saturated heterocycles. The maximum atomic E-state index is 11.9. The predicted octanol–water partition coefficient (Wildman–Crippen LogP) is 2.33. The van der Waals surface area contributed by atoms with Crippen molar-refractivity contribution in [3.63, 3.8) is 0 Å². The minimum absolute atomic E-state index is 0.225. The maximum Gasteiger partial charge on any atom is 0.255 e. The molecule has 90 valence electrons. The number of amides is 1. The first-order chi connectivity index (χ1) is 8.69. The van der Waals surface area contributed by atoms with Crippen molar-refractivity contribution in [2.24, 2.45) is 0 Å². The number of carbonyl (C=O) groups is 2. The fraction of sp³-hybridized carbons (Fsp3) is 0. The molecule has 4 nitrogen and oxygen atoms in total. The summed E-state index contributed by atoms with van der Waals surface area (Å²) in [4.78, 5) is 22.4. The summed E-state index contributed by atoms with van der Waals surface area (Å²) in [6.07, 6.45) is 0.738. The van der Waals surface area contributed by atoms with Gasteiger partial charge in [-0.2, -0.15) is 0 Å². The van der Waals surface area contributed by atoms with E-state index in [1.165, 1.54) is 0 Å². The zero-order valence-corrected chi connectivity index (χ0v) is 9.59. The van der Waals surface area contributed by atoms with Gasteiger partial charge in [-0.25, -0.2) is 0 Å². The van der Waals surface area contributed by atoms with Gasteiger partial charge < -0.3 is 11.1 Å². The van der Waals surface area contributed by atoms with Crippen LogP contribution in [0.3, 0.4) is 0 Å². The molecule has 2 aromatic carbocycles. The molecule has 1 amide bonds. The smallest absolute Gasteiger partial charge is 0.255 e. The van der Waals surface area contributed by atoms with Crippen LogP contribution in [0.1, 0.15) is 20.7 Å². The lowest BCUT2D eigenvalue weighted by Crippen LogP contribution is -2.11. The number of carbonyl (C=O) groups excluding carboxylic acids is 2. The Labute approximate surface area is 104 Å². The third-order valence-corrected chi connectivity index (χ3v) is 2.48. The molecule has 0 spiro atoms. The van der Waals surface area contributed by atoms with E-state index in [2.05, 4.69) is 5.32 Å². The molecule has 0 aliphatic rings. The number of nitrogens with one attached hydrogen (secondary N) is 1. The van der Waals surface area contributed by atoms with E-state index in [-0.39, 0.29) is 5.91 Å². The highest BCUT2D eigenvalue weighted by Crippen LogP contribution is 2.12. The number of benzene rings is 2. The summed E-state index contributed by atoms with van der Waals surface area (Å²) in [5.74, 6) is -0.225. The van der Waals surface area contributed by atoms with Crippen molar-refractivity contribution in [1.82, 2.24) is 0 Å². The Hall–Kier alpha value is -2.62. The molecule has 2 rings (SSSR count). The summed E-state index contributed by atoms with van der Waals surface area (Å²) in [6.45, 7) is 0. The van der Waals surface area contributed by atoms with E-state index in [1.807, 2.05) is 0 Å². The molecule has 4 heteroatoms. The zero-order valence-electron chi connectivity index (χ0n) is 9.59. The van der Waals surface area contributed by atoms with Gasteiger partial charge in [0.15, 0.2) is 0 Å². The molecule has 3 N–H and O–H groups in total. The number of rotatable bonds is 3. The van der Waals surface area contributed by atoms with Gasteiger partial charge in [0.1, 0.15) is 6.29 Å². The molecule has 0 aromatic heterocycles. The van der Waals surface area contributed by atoms with Crippen LogP contribution in [0.25, 0.3) is 0 Å². The maximum absolute atomic E-state index is 11.9. The van der Waals surface area contributed by atoms with Crippen LogP contribution in [0.15, 0.2) is 48.5 Å². The lowest BCUT2D eigenvalue weighted by Gasteiger charge is -2.05. The summed E-state index contributed by atoms with van der Waals surface area (Å²) in [6, 6.07) is 13.3. The van der Waals surface area contributed by atoms with E-state index < -0.39 is 0 Å². The quantitative estimate of drug-likeness (QED) is 0.638. The molecule has 0 saturated carbocycles. The van der Waals surface area contributed by atoms with Crippen LogP contribution in [0.5, 0.6) is 0 Å². The molecule has 0 heterocycles. The first-order valence-corrected chi connectivity index (χ1v) is 5.41. The van der Waals surface area contributed by atoms with Crippen molar-refractivity contribution in [2.45, 2.75) is 0 Å². The summed E-state index contributed by atoms with van der Waals surface area (Å²) in [5, 5.41) is 2.74. The average Bonchev–Trinajstić information content (AvgIpc) is 2.41. The third-order valence-electron chi connectivity index (χ3n) is 2.48. The van der Waals surface area contributed by atoms with Crippen LogP contribution >= 0.6 is 0 Å². The molecule has 18 heavy (non-hydrogen) atoms. The van der Waals surface area contributed by atoms with Gasteiger partial charge >= 0.3 is 0 Å². The number of nitrogen functional groups attached to an aromatic ring is 1. The van der Waals surface area contributed by atoms with Crippen molar-refractivity contribution < 1.29 is 9.59 Å². The van der Waals surface area contributed by atoms with E-state index >= 15 is 0 Å². The molecular formula is C14H12N2O2. The summed E-state index contributed by atoms with van der Waals surface area (Å²) in [7, 11) is 0. The summed E-state index contributed by atoms with van der Waals surface area (Å²) >= 11 is 0. The molecule has 0 aliphatic carbocycles. The Morgan fingerprint density at radius 1 is 1.00 bits per heavy atom. The lowest BCUT2D eigenvalue weighted by molar-refractivity contribution is 0.102. The Bertz CT molecular complexity index is 559. The largest absolute Gasteiger partial charge is 0.399 e. The highest BCUT2D eigenvalue weighted by molar-refractivity contribution is 6.04. The summed E-state index contributed by atoms with van der Waals surface area (Å²) < 4.78 is 0. The van der Waals surface area contributed by atoms with Gasteiger partial charge in [0.25, 0.3) is 5.91 Å². The van der Waals surface area contributed by atoms with Gasteiger partial charge in [-0.3, -0.25) is 9.59 Å². The SMILES string of the molecule is Nc1ccc(NC(=O)c2ccc(C=O)cc2)cc1. The average molecular weight is 240 g/mol. The van der Waals surface area contributed by atoms with Gasteiger partial charge in [0.05, 0.1) is 0 Å². The van der Waals surface area contributed by atoms with Crippen LogP contribution in [0.2, 0.25) is 0 Å². The Balaban J connectivity index is 2.11. The van der Waals surface area contributed by atoms with E-state index in [9.17, 15) is 9.59 Å². The van der Waals surface area contributed by atoms with Crippen LogP contribution in [-0.4, -0.2) is 12.2 Å².